The number of benzene rings is 1. The van der Waals surface area contributed by atoms with Crippen molar-refractivity contribution in [2.75, 3.05) is 5.75 Å². The summed E-state index contributed by atoms with van der Waals surface area (Å²) in [5, 5.41) is 0.850. The number of hydrogen-bond donors (Lipinski definition) is 1. The molecule has 6 heteroatoms. The van der Waals surface area contributed by atoms with Gasteiger partial charge in [0.2, 0.25) is 5.96 Å². The Morgan fingerprint density at radius 2 is 2.05 bits per heavy atom. The van der Waals surface area contributed by atoms with Gasteiger partial charge >= 0.3 is 0 Å². The highest BCUT2D eigenvalue weighted by atomic mass is 32.2. The van der Waals surface area contributed by atoms with Crippen molar-refractivity contribution in [2.45, 2.75) is 6.04 Å². The molecule has 2 N–H and O–H groups in total. The lowest BCUT2D eigenvalue weighted by Crippen LogP contribution is -2.31. The Balaban J connectivity index is 1.61. The van der Waals surface area contributed by atoms with E-state index < -0.39 is 0 Å². The first-order valence-corrected chi connectivity index (χ1v) is 7.18. The van der Waals surface area contributed by atoms with Gasteiger partial charge in [0.25, 0.3) is 0 Å². The van der Waals surface area contributed by atoms with Crippen LogP contribution in [0, 0.1) is 0 Å². The highest BCUT2D eigenvalue weighted by molar-refractivity contribution is 8.14. The van der Waals surface area contributed by atoms with Crippen LogP contribution in [-0.4, -0.2) is 35.0 Å². The lowest BCUT2D eigenvalue weighted by atomic mass is 10.2. The van der Waals surface area contributed by atoms with Crippen molar-refractivity contribution < 1.29 is 0 Å². The minimum atomic E-state index is -0.169. The molecular weight excluding hydrogens is 270 g/mol. The van der Waals surface area contributed by atoms with Gasteiger partial charge < -0.3 is 5.73 Å². The summed E-state index contributed by atoms with van der Waals surface area (Å²) in [5.41, 5.74) is 6.85. The van der Waals surface area contributed by atoms with Crippen LogP contribution >= 0.6 is 11.8 Å². The van der Waals surface area contributed by atoms with Gasteiger partial charge in [0, 0.05) is 5.75 Å². The maximum Gasteiger partial charge on any atom is 0.222 e. The molecule has 1 atom stereocenters. The van der Waals surface area contributed by atoms with E-state index in [-0.39, 0.29) is 12.0 Å². The molecular formula is C14H13N5S. The largest absolute Gasteiger partial charge is 0.368 e. The molecule has 2 aliphatic heterocycles. The standard InChI is InChI=1S/C14H13N5S/c15-14-18-12-11(16-9-17-12)13(19-14)20-8-4-7-10-5-2-1-3-6-10/h1-7,9,11H,8H2,(H2,15,16,17,18)/b7-4+. The number of rotatable bonds is 3. The van der Waals surface area contributed by atoms with Gasteiger partial charge in [-0.25, -0.2) is 9.98 Å². The fourth-order valence-corrected chi connectivity index (χ4v) is 2.72. The van der Waals surface area contributed by atoms with E-state index in [0.717, 1.165) is 10.8 Å². The summed E-state index contributed by atoms with van der Waals surface area (Å²) in [7, 11) is 0. The Morgan fingerprint density at radius 3 is 2.90 bits per heavy atom. The predicted molar refractivity (Wildman–Crippen MR) is 86.7 cm³/mol. The summed E-state index contributed by atoms with van der Waals surface area (Å²) in [6.45, 7) is 0. The zero-order valence-corrected chi connectivity index (χ0v) is 11.5. The summed E-state index contributed by atoms with van der Waals surface area (Å²) in [6.07, 6.45) is 5.69. The van der Waals surface area contributed by atoms with E-state index in [9.17, 15) is 0 Å². The van der Waals surface area contributed by atoms with E-state index in [1.807, 2.05) is 18.2 Å². The topological polar surface area (TPSA) is 75.5 Å². The number of amidine groups is 1. The third-order valence-electron chi connectivity index (χ3n) is 2.78. The van der Waals surface area contributed by atoms with Crippen LogP contribution in [0.5, 0.6) is 0 Å². The highest BCUT2D eigenvalue weighted by Gasteiger charge is 2.27. The molecule has 0 fully saturated rings. The monoisotopic (exact) mass is 283 g/mol. The molecule has 2 heterocycles. The van der Waals surface area contributed by atoms with E-state index in [4.69, 9.17) is 5.73 Å². The number of nitrogens with two attached hydrogens (primary N) is 1. The van der Waals surface area contributed by atoms with Crippen LogP contribution in [0.2, 0.25) is 0 Å². The van der Waals surface area contributed by atoms with E-state index in [0.29, 0.717) is 5.84 Å². The van der Waals surface area contributed by atoms with Gasteiger partial charge in [0.05, 0.1) is 0 Å². The highest BCUT2D eigenvalue weighted by Crippen LogP contribution is 2.19. The third-order valence-corrected chi connectivity index (χ3v) is 3.74. The van der Waals surface area contributed by atoms with Gasteiger partial charge in [0.15, 0.2) is 11.9 Å². The van der Waals surface area contributed by atoms with Gasteiger partial charge in [-0.3, -0.25) is 4.99 Å². The van der Waals surface area contributed by atoms with Crippen LogP contribution in [-0.2, 0) is 0 Å². The average Bonchev–Trinajstić information content (AvgIpc) is 2.92. The van der Waals surface area contributed by atoms with Gasteiger partial charge in [0.1, 0.15) is 11.4 Å². The molecule has 0 amide bonds. The molecule has 0 aromatic heterocycles. The second-order valence-electron chi connectivity index (χ2n) is 4.20. The first kappa shape index (κ1) is 12.8. The lowest BCUT2D eigenvalue weighted by molar-refractivity contribution is 1.15. The maximum atomic E-state index is 5.67. The van der Waals surface area contributed by atoms with Crippen molar-refractivity contribution >= 4 is 41.0 Å². The molecule has 1 aromatic rings. The molecule has 100 valence electrons. The van der Waals surface area contributed by atoms with Crippen molar-refractivity contribution in [3.8, 4) is 0 Å². The SMILES string of the molecule is NC1=NC2=NC=NC2C(SC/C=C/c2ccccc2)=N1. The van der Waals surface area contributed by atoms with Crippen LogP contribution < -0.4 is 5.73 Å². The molecule has 20 heavy (non-hydrogen) atoms. The molecule has 2 aliphatic rings. The molecule has 3 rings (SSSR count). The number of hydrogen-bond acceptors (Lipinski definition) is 6. The summed E-state index contributed by atoms with van der Waals surface area (Å²) in [6, 6.07) is 10.0. The van der Waals surface area contributed by atoms with Gasteiger partial charge in [-0.2, -0.15) is 4.99 Å². The number of aliphatic imine (C=N–C) groups is 4. The van der Waals surface area contributed by atoms with Crippen LogP contribution in [0.1, 0.15) is 5.56 Å². The molecule has 0 saturated heterocycles. The summed E-state index contributed by atoms with van der Waals surface area (Å²) >= 11 is 1.60. The van der Waals surface area contributed by atoms with Crippen LogP contribution in [0.4, 0.5) is 0 Å². The predicted octanol–water partition coefficient (Wildman–Crippen LogP) is 1.97. The van der Waals surface area contributed by atoms with E-state index in [1.165, 1.54) is 11.9 Å². The Kier molecular flexibility index (Phi) is 3.73. The molecule has 5 nitrogen and oxygen atoms in total. The fourth-order valence-electron chi connectivity index (χ4n) is 1.87. The minimum absolute atomic E-state index is 0.169. The quantitative estimate of drug-likeness (QED) is 0.920. The lowest BCUT2D eigenvalue weighted by Gasteiger charge is -2.14. The Morgan fingerprint density at radius 1 is 1.20 bits per heavy atom. The fraction of sp³-hybridized carbons (Fsp3) is 0.143. The first-order valence-electron chi connectivity index (χ1n) is 6.19. The zero-order valence-electron chi connectivity index (χ0n) is 10.7. The first-order chi connectivity index (χ1) is 9.83. The molecule has 0 saturated carbocycles. The summed E-state index contributed by atoms with van der Waals surface area (Å²) < 4.78 is 0. The van der Waals surface area contributed by atoms with Crippen molar-refractivity contribution in [3.63, 3.8) is 0 Å². The molecule has 1 aromatic carbocycles. The molecule has 1 unspecified atom stereocenters. The molecule has 0 radical (unpaired) electrons. The van der Waals surface area contributed by atoms with Crippen LogP contribution in [0.3, 0.4) is 0 Å². The van der Waals surface area contributed by atoms with Crippen LogP contribution in [0.15, 0.2) is 56.4 Å². The zero-order chi connectivity index (χ0) is 13.8. The van der Waals surface area contributed by atoms with Crippen molar-refractivity contribution in [2.24, 2.45) is 25.7 Å². The summed E-state index contributed by atoms with van der Waals surface area (Å²) in [4.78, 5) is 16.6. The Hall–Kier alpha value is -2.21. The minimum Gasteiger partial charge on any atom is -0.368 e. The Labute approximate surface area is 121 Å². The van der Waals surface area contributed by atoms with E-state index in [1.54, 1.807) is 11.8 Å². The van der Waals surface area contributed by atoms with E-state index in [2.05, 4.69) is 44.3 Å². The Bertz CT molecular complexity index is 643. The van der Waals surface area contributed by atoms with Crippen molar-refractivity contribution in [1.82, 2.24) is 0 Å². The number of nitrogens with zero attached hydrogens (tertiary/aromatic N) is 4. The van der Waals surface area contributed by atoms with E-state index >= 15 is 0 Å². The molecule has 0 bridgehead atoms. The third kappa shape index (κ3) is 2.85. The normalized spacial score (nSPS) is 20.6. The molecule has 0 aliphatic carbocycles. The number of thioether (sulfide) groups is 1. The number of guanidine groups is 1. The second kappa shape index (κ2) is 5.83. The van der Waals surface area contributed by atoms with Gasteiger partial charge in [-0.1, -0.05) is 42.5 Å². The second-order valence-corrected chi connectivity index (χ2v) is 5.24. The smallest absolute Gasteiger partial charge is 0.222 e. The van der Waals surface area contributed by atoms with Crippen molar-refractivity contribution in [1.29, 1.82) is 0 Å². The molecule has 0 spiro atoms. The van der Waals surface area contributed by atoms with Gasteiger partial charge in [-0.15, -0.1) is 11.8 Å². The average molecular weight is 283 g/mol. The van der Waals surface area contributed by atoms with Gasteiger partial charge in [-0.05, 0) is 5.56 Å². The number of fused-ring (bicyclic) bond motifs is 1. The van der Waals surface area contributed by atoms with Crippen molar-refractivity contribution in [3.05, 3.63) is 42.0 Å². The summed E-state index contributed by atoms with van der Waals surface area (Å²) in [5.74, 6) is 1.69. The van der Waals surface area contributed by atoms with Crippen LogP contribution in [0.25, 0.3) is 6.08 Å². The maximum absolute atomic E-state index is 5.67.